The van der Waals surface area contributed by atoms with Crippen molar-refractivity contribution in [2.75, 3.05) is 25.8 Å². The van der Waals surface area contributed by atoms with Crippen LogP contribution in [0.5, 0.6) is 11.5 Å². The van der Waals surface area contributed by atoms with E-state index < -0.39 is 0 Å². The van der Waals surface area contributed by atoms with E-state index in [1.54, 1.807) is 30.7 Å². The molecule has 1 N–H and O–H groups in total. The van der Waals surface area contributed by atoms with Gasteiger partial charge in [0.1, 0.15) is 0 Å². The molecule has 4 aromatic rings. The zero-order chi connectivity index (χ0) is 22.5. The molecular formula is C25H23N3O3S. The fourth-order valence-corrected chi connectivity index (χ4v) is 3.82. The number of aromatic nitrogens is 2. The summed E-state index contributed by atoms with van der Waals surface area (Å²) >= 11 is 1.62. The number of nitrogens with zero attached hydrogens (tertiary/aromatic N) is 2. The third-order valence-electron chi connectivity index (χ3n) is 4.97. The van der Waals surface area contributed by atoms with Crippen LogP contribution < -0.4 is 14.8 Å². The summed E-state index contributed by atoms with van der Waals surface area (Å²) in [5.74, 6) is 0.908. The van der Waals surface area contributed by atoms with Gasteiger partial charge in [-0.15, -0.1) is 11.8 Å². The average molecular weight is 446 g/mol. The number of anilines is 1. The fraction of sp³-hybridized carbons (Fsp3) is 0.120. The van der Waals surface area contributed by atoms with Crippen molar-refractivity contribution in [1.29, 1.82) is 0 Å². The third kappa shape index (κ3) is 4.48. The number of methoxy groups -OCH3 is 2. The minimum Gasteiger partial charge on any atom is -0.493 e. The topological polar surface area (TPSA) is 65.4 Å². The van der Waals surface area contributed by atoms with Crippen molar-refractivity contribution in [3.05, 3.63) is 84.7 Å². The third-order valence-corrected chi connectivity index (χ3v) is 5.70. The maximum absolute atomic E-state index is 13.3. The summed E-state index contributed by atoms with van der Waals surface area (Å²) in [5, 5.41) is 7.60. The fourth-order valence-electron chi connectivity index (χ4n) is 3.36. The van der Waals surface area contributed by atoms with Crippen molar-refractivity contribution in [3.8, 4) is 28.3 Å². The molecule has 0 spiro atoms. The van der Waals surface area contributed by atoms with Crippen LogP contribution in [-0.4, -0.2) is 36.2 Å². The first kappa shape index (κ1) is 21.5. The molecule has 0 fully saturated rings. The highest BCUT2D eigenvalue weighted by Crippen LogP contribution is 2.34. The number of carbonyl (C=O) groups is 1. The summed E-state index contributed by atoms with van der Waals surface area (Å²) in [6.07, 6.45) is 3.85. The SMILES string of the molecule is COc1ccc(-c2cn(-c3ccccc3)nc2C(=O)Nc2cccc(SC)c2)cc1OC. The van der Waals surface area contributed by atoms with Crippen LogP contribution in [0.15, 0.2) is 83.9 Å². The maximum atomic E-state index is 13.3. The second-order valence-corrected chi connectivity index (χ2v) is 7.81. The largest absolute Gasteiger partial charge is 0.493 e. The summed E-state index contributed by atoms with van der Waals surface area (Å²) in [7, 11) is 3.17. The van der Waals surface area contributed by atoms with E-state index in [0.717, 1.165) is 21.8 Å². The number of rotatable bonds is 7. The van der Waals surface area contributed by atoms with Crippen molar-refractivity contribution in [2.24, 2.45) is 0 Å². The zero-order valence-corrected chi connectivity index (χ0v) is 18.8. The molecule has 7 heteroatoms. The summed E-state index contributed by atoms with van der Waals surface area (Å²) in [6, 6.07) is 22.9. The van der Waals surface area contributed by atoms with Gasteiger partial charge in [-0.25, -0.2) is 4.68 Å². The number of para-hydroxylation sites is 1. The lowest BCUT2D eigenvalue weighted by Crippen LogP contribution is -2.14. The highest BCUT2D eigenvalue weighted by Gasteiger charge is 2.20. The van der Waals surface area contributed by atoms with Gasteiger partial charge in [0.15, 0.2) is 17.2 Å². The maximum Gasteiger partial charge on any atom is 0.276 e. The standard InChI is InChI=1S/C25H23N3O3S/c1-30-22-13-12-17(14-23(22)31-2)21-16-28(19-9-5-4-6-10-19)27-24(21)25(29)26-18-8-7-11-20(15-18)32-3/h4-16H,1-3H3,(H,26,29). The van der Waals surface area contributed by atoms with Crippen molar-refractivity contribution in [1.82, 2.24) is 9.78 Å². The number of nitrogens with one attached hydrogen (secondary N) is 1. The Morgan fingerprint density at radius 1 is 0.938 bits per heavy atom. The van der Waals surface area contributed by atoms with Crippen LogP contribution in [0, 0.1) is 0 Å². The van der Waals surface area contributed by atoms with E-state index in [0.29, 0.717) is 22.8 Å². The highest BCUT2D eigenvalue weighted by molar-refractivity contribution is 7.98. The first-order valence-corrected chi connectivity index (χ1v) is 11.2. The number of thioether (sulfide) groups is 1. The van der Waals surface area contributed by atoms with Crippen LogP contribution in [0.25, 0.3) is 16.8 Å². The molecule has 0 bridgehead atoms. The minimum absolute atomic E-state index is 0.289. The number of ether oxygens (including phenoxy) is 2. The molecule has 1 aromatic heterocycles. The van der Waals surface area contributed by atoms with Crippen LogP contribution in [0.2, 0.25) is 0 Å². The Balaban J connectivity index is 1.78. The van der Waals surface area contributed by atoms with Gasteiger partial charge in [-0.3, -0.25) is 4.79 Å². The predicted octanol–water partition coefficient (Wildman–Crippen LogP) is 5.53. The number of amides is 1. The minimum atomic E-state index is -0.289. The molecule has 162 valence electrons. The number of carbonyl (C=O) groups excluding carboxylic acids is 1. The molecule has 0 aliphatic heterocycles. The molecule has 32 heavy (non-hydrogen) atoms. The summed E-state index contributed by atoms with van der Waals surface area (Å²) in [5.41, 5.74) is 3.38. The highest BCUT2D eigenvalue weighted by atomic mass is 32.2. The van der Waals surface area contributed by atoms with Gasteiger partial charge in [-0.05, 0) is 54.3 Å². The Bertz CT molecular complexity index is 1240. The van der Waals surface area contributed by atoms with E-state index in [1.165, 1.54) is 0 Å². The average Bonchev–Trinajstić information content (AvgIpc) is 3.30. The van der Waals surface area contributed by atoms with Crippen molar-refractivity contribution in [3.63, 3.8) is 0 Å². The molecule has 0 unspecified atom stereocenters. The molecule has 1 heterocycles. The van der Waals surface area contributed by atoms with Gasteiger partial charge in [0.05, 0.1) is 19.9 Å². The second-order valence-electron chi connectivity index (χ2n) is 6.93. The van der Waals surface area contributed by atoms with Crippen LogP contribution >= 0.6 is 11.8 Å². The van der Waals surface area contributed by atoms with Crippen LogP contribution in [-0.2, 0) is 0 Å². The lowest BCUT2D eigenvalue weighted by atomic mass is 10.1. The number of hydrogen-bond donors (Lipinski definition) is 1. The Morgan fingerprint density at radius 2 is 1.72 bits per heavy atom. The van der Waals surface area contributed by atoms with E-state index >= 15 is 0 Å². The van der Waals surface area contributed by atoms with Crippen molar-refractivity contribution < 1.29 is 14.3 Å². The second kappa shape index (κ2) is 9.62. The van der Waals surface area contributed by atoms with Crippen molar-refractivity contribution in [2.45, 2.75) is 4.90 Å². The molecule has 0 atom stereocenters. The van der Waals surface area contributed by atoms with Gasteiger partial charge in [0.2, 0.25) is 0 Å². The Morgan fingerprint density at radius 3 is 2.44 bits per heavy atom. The smallest absolute Gasteiger partial charge is 0.276 e. The number of benzene rings is 3. The molecule has 6 nitrogen and oxygen atoms in total. The lowest BCUT2D eigenvalue weighted by Gasteiger charge is -2.10. The van der Waals surface area contributed by atoms with Gasteiger partial charge in [-0.2, -0.15) is 5.10 Å². The van der Waals surface area contributed by atoms with E-state index in [4.69, 9.17) is 9.47 Å². The predicted molar refractivity (Wildman–Crippen MR) is 128 cm³/mol. The lowest BCUT2D eigenvalue weighted by molar-refractivity contribution is 0.102. The summed E-state index contributed by atoms with van der Waals surface area (Å²) in [4.78, 5) is 14.3. The molecule has 4 rings (SSSR count). The van der Waals surface area contributed by atoms with Gasteiger partial charge in [0, 0.05) is 22.3 Å². The molecule has 0 aliphatic rings. The molecule has 0 saturated carbocycles. The Hall–Kier alpha value is -3.71. The monoisotopic (exact) mass is 445 g/mol. The van der Waals surface area contributed by atoms with Crippen LogP contribution in [0.1, 0.15) is 10.5 Å². The van der Waals surface area contributed by atoms with E-state index in [1.807, 2.05) is 85.2 Å². The molecule has 0 aliphatic carbocycles. The van der Waals surface area contributed by atoms with E-state index in [9.17, 15) is 4.79 Å². The molecule has 1 amide bonds. The van der Waals surface area contributed by atoms with Gasteiger partial charge < -0.3 is 14.8 Å². The first-order chi connectivity index (χ1) is 15.6. The molecule has 0 saturated heterocycles. The van der Waals surface area contributed by atoms with E-state index in [2.05, 4.69) is 10.4 Å². The summed E-state index contributed by atoms with van der Waals surface area (Å²) < 4.78 is 12.5. The van der Waals surface area contributed by atoms with Crippen LogP contribution in [0.4, 0.5) is 5.69 Å². The van der Waals surface area contributed by atoms with E-state index in [-0.39, 0.29) is 5.91 Å². The molecule has 3 aromatic carbocycles. The zero-order valence-electron chi connectivity index (χ0n) is 18.0. The molecular weight excluding hydrogens is 422 g/mol. The normalized spacial score (nSPS) is 10.6. The first-order valence-electron chi connectivity index (χ1n) is 9.96. The molecule has 0 radical (unpaired) electrons. The van der Waals surface area contributed by atoms with Gasteiger partial charge >= 0.3 is 0 Å². The summed E-state index contributed by atoms with van der Waals surface area (Å²) in [6.45, 7) is 0. The number of hydrogen-bond acceptors (Lipinski definition) is 5. The Labute approximate surface area is 191 Å². The van der Waals surface area contributed by atoms with Gasteiger partial charge in [-0.1, -0.05) is 30.3 Å². The quantitative estimate of drug-likeness (QED) is 0.379. The van der Waals surface area contributed by atoms with Gasteiger partial charge in [0.25, 0.3) is 5.91 Å². The Kier molecular flexibility index (Phi) is 6.47. The van der Waals surface area contributed by atoms with Crippen LogP contribution in [0.3, 0.4) is 0 Å². The van der Waals surface area contributed by atoms with Crippen molar-refractivity contribution >= 4 is 23.4 Å².